The molecule has 1 aromatic carbocycles. The van der Waals surface area contributed by atoms with Gasteiger partial charge in [0.1, 0.15) is 11.6 Å². The summed E-state index contributed by atoms with van der Waals surface area (Å²) in [6.07, 6.45) is 3.21. The van der Waals surface area contributed by atoms with Crippen molar-refractivity contribution in [2.24, 2.45) is 0 Å². The summed E-state index contributed by atoms with van der Waals surface area (Å²) in [6.45, 7) is 5.70. The normalized spacial score (nSPS) is 12.5. The van der Waals surface area contributed by atoms with Crippen molar-refractivity contribution in [1.82, 2.24) is 20.1 Å². The van der Waals surface area contributed by atoms with Crippen molar-refractivity contribution in [3.8, 4) is 0 Å². The molecule has 0 radical (unpaired) electrons. The molecular weight excluding hydrogens is 338 g/mol. The van der Waals surface area contributed by atoms with E-state index in [-0.39, 0.29) is 23.9 Å². The van der Waals surface area contributed by atoms with Crippen LogP contribution in [-0.2, 0) is 6.42 Å². The van der Waals surface area contributed by atoms with Crippen molar-refractivity contribution in [2.45, 2.75) is 39.3 Å². The first-order chi connectivity index (χ1) is 12.4. The monoisotopic (exact) mass is 358 g/mol. The molecular formula is C19H20F2N4O. The number of benzene rings is 1. The number of hydrogen-bond donors (Lipinski definition) is 1. The van der Waals surface area contributed by atoms with Crippen LogP contribution in [0.1, 0.15) is 42.7 Å². The zero-order valence-corrected chi connectivity index (χ0v) is 14.8. The maximum absolute atomic E-state index is 13.7. The molecule has 0 saturated heterocycles. The van der Waals surface area contributed by atoms with Gasteiger partial charge in [-0.3, -0.25) is 4.79 Å². The van der Waals surface area contributed by atoms with E-state index in [4.69, 9.17) is 0 Å². The van der Waals surface area contributed by atoms with Gasteiger partial charge in [0, 0.05) is 29.2 Å². The van der Waals surface area contributed by atoms with Gasteiger partial charge in [0.25, 0.3) is 5.91 Å². The fraction of sp³-hybridized carbons (Fsp3) is 0.316. The Labute approximate surface area is 150 Å². The maximum Gasteiger partial charge on any atom is 0.253 e. The van der Waals surface area contributed by atoms with E-state index >= 15 is 0 Å². The number of fused-ring (bicyclic) bond motifs is 1. The Bertz CT molecular complexity index is 932. The molecule has 1 unspecified atom stereocenters. The Balaban J connectivity index is 1.74. The first kappa shape index (κ1) is 18.0. The minimum absolute atomic E-state index is 0.0351. The van der Waals surface area contributed by atoms with Crippen molar-refractivity contribution in [3.63, 3.8) is 0 Å². The zero-order valence-electron chi connectivity index (χ0n) is 14.8. The lowest BCUT2D eigenvalue weighted by Crippen LogP contribution is -2.34. The van der Waals surface area contributed by atoms with Crippen molar-refractivity contribution < 1.29 is 13.6 Å². The third-order valence-electron chi connectivity index (χ3n) is 4.13. The summed E-state index contributed by atoms with van der Waals surface area (Å²) >= 11 is 0. The summed E-state index contributed by atoms with van der Waals surface area (Å²) < 4.78 is 29.3. The lowest BCUT2D eigenvalue weighted by molar-refractivity contribution is 0.0939. The van der Waals surface area contributed by atoms with Crippen LogP contribution in [0.4, 0.5) is 8.78 Å². The summed E-state index contributed by atoms with van der Waals surface area (Å²) in [5, 5.41) is 7.79. The van der Waals surface area contributed by atoms with Gasteiger partial charge in [-0.05, 0) is 45.4 Å². The van der Waals surface area contributed by atoms with Gasteiger partial charge in [-0.1, -0.05) is 6.07 Å². The number of amides is 1. The average Bonchev–Trinajstić information content (AvgIpc) is 3.01. The fourth-order valence-electron chi connectivity index (χ4n) is 2.83. The number of aromatic nitrogens is 3. The van der Waals surface area contributed by atoms with Crippen LogP contribution < -0.4 is 5.32 Å². The largest absolute Gasteiger partial charge is 0.349 e. The molecule has 26 heavy (non-hydrogen) atoms. The quantitative estimate of drug-likeness (QED) is 0.757. The third-order valence-corrected chi connectivity index (χ3v) is 4.13. The lowest BCUT2D eigenvalue weighted by Gasteiger charge is -2.15. The molecule has 1 amide bonds. The molecule has 0 aliphatic carbocycles. The Morgan fingerprint density at radius 3 is 2.54 bits per heavy atom. The zero-order chi connectivity index (χ0) is 18.8. The highest BCUT2D eigenvalue weighted by molar-refractivity contribution is 5.96. The van der Waals surface area contributed by atoms with Crippen molar-refractivity contribution >= 4 is 16.9 Å². The Morgan fingerprint density at radius 2 is 1.88 bits per heavy atom. The molecule has 7 heteroatoms. The van der Waals surface area contributed by atoms with Crippen LogP contribution in [0.5, 0.6) is 0 Å². The van der Waals surface area contributed by atoms with Crippen LogP contribution >= 0.6 is 0 Å². The molecule has 1 N–H and O–H groups in total. The number of nitrogens with one attached hydrogen (secondary N) is 1. The molecule has 136 valence electrons. The highest BCUT2D eigenvalue weighted by atomic mass is 19.1. The van der Waals surface area contributed by atoms with Crippen LogP contribution in [0.15, 0.2) is 36.7 Å². The molecule has 0 fully saturated rings. The number of rotatable bonds is 5. The summed E-state index contributed by atoms with van der Waals surface area (Å²) in [5.41, 5.74) is 1.05. The second-order valence-electron chi connectivity index (χ2n) is 6.60. The van der Waals surface area contributed by atoms with E-state index in [1.807, 2.05) is 13.8 Å². The van der Waals surface area contributed by atoms with Gasteiger partial charge in [-0.15, -0.1) is 0 Å². The van der Waals surface area contributed by atoms with Gasteiger partial charge in [0.05, 0.1) is 11.8 Å². The summed E-state index contributed by atoms with van der Waals surface area (Å²) in [7, 11) is 0. The van der Waals surface area contributed by atoms with Gasteiger partial charge < -0.3 is 5.32 Å². The van der Waals surface area contributed by atoms with E-state index in [2.05, 4.69) is 15.4 Å². The van der Waals surface area contributed by atoms with E-state index in [1.54, 1.807) is 23.9 Å². The van der Waals surface area contributed by atoms with Gasteiger partial charge >= 0.3 is 0 Å². The standard InChI is InChI=1S/C19H20F2N4O/c1-11(2)25-18-13(10-23-25)8-14(9-22-18)19(26)24-12(3)7-15-16(20)5-4-6-17(15)21/h4-6,8-12H,7H2,1-3H3,(H,24,26). The number of carbonyl (C=O) groups excluding carboxylic acids is 1. The van der Waals surface area contributed by atoms with E-state index in [9.17, 15) is 13.6 Å². The second-order valence-corrected chi connectivity index (χ2v) is 6.60. The molecule has 1 atom stereocenters. The highest BCUT2D eigenvalue weighted by Gasteiger charge is 2.16. The molecule has 0 bridgehead atoms. The van der Waals surface area contributed by atoms with E-state index < -0.39 is 17.7 Å². The van der Waals surface area contributed by atoms with Crippen molar-refractivity contribution in [2.75, 3.05) is 0 Å². The lowest BCUT2D eigenvalue weighted by atomic mass is 10.1. The SMILES string of the molecule is CC(Cc1c(F)cccc1F)NC(=O)c1cnc2c(cnn2C(C)C)c1. The van der Waals surface area contributed by atoms with Crippen LogP contribution in [0, 0.1) is 11.6 Å². The van der Waals surface area contributed by atoms with E-state index in [1.165, 1.54) is 24.4 Å². The minimum atomic E-state index is -0.615. The Hall–Kier alpha value is -2.83. The van der Waals surface area contributed by atoms with Gasteiger partial charge in [-0.25, -0.2) is 18.4 Å². The van der Waals surface area contributed by atoms with Crippen LogP contribution in [0.2, 0.25) is 0 Å². The van der Waals surface area contributed by atoms with Crippen molar-refractivity contribution in [3.05, 3.63) is 59.4 Å². The summed E-state index contributed by atoms with van der Waals surface area (Å²) in [6, 6.07) is 5.16. The van der Waals surface area contributed by atoms with Gasteiger partial charge in [0.15, 0.2) is 5.65 Å². The van der Waals surface area contributed by atoms with Gasteiger partial charge in [-0.2, -0.15) is 5.10 Å². The number of carbonyl (C=O) groups is 1. The van der Waals surface area contributed by atoms with Crippen molar-refractivity contribution in [1.29, 1.82) is 0 Å². The molecule has 3 aromatic rings. The molecule has 0 aliphatic heterocycles. The topological polar surface area (TPSA) is 59.8 Å². The first-order valence-corrected chi connectivity index (χ1v) is 8.44. The number of halogens is 2. The Morgan fingerprint density at radius 1 is 1.19 bits per heavy atom. The fourth-order valence-corrected chi connectivity index (χ4v) is 2.83. The molecule has 3 rings (SSSR count). The van der Waals surface area contributed by atoms with Crippen LogP contribution in [-0.4, -0.2) is 26.7 Å². The van der Waals surface area contributed by atoms with Crippen LogP contribution in [0.25, 0.3) is 11.0 Å². The highest BCUT2D eigenvalue weighted by Crippen LogP contribution is 2.17. The molecule has 2 heterocycles. The molecule has 5 nitrogen and oxygen atoms in total. The summed E-state index contributed by atoms with van der Waals surface area (Å²) in [5.74, 6) is -1.58. The van der Waals surface area contributed by atoms with Gasteiger partial charge in [0.2, 0.25) is 0 Å². The van der Waals surface area contributed by atoms with E-state index in [0.717, 1.165) is 5.39 Å². The van der Waals surface area contributed by atoms with Crippen LogP contribution in [0.3, 0.4) is 0 Å². The first-order valence-electron chi connectivity index (χ1n) is 8.44. The molecule has 0 aliphatic rings. The Kier molecular flexibility index (Phi) is 4.97. The average molecular weight is 358 g/mol. The maximum atomic E-state index is 13.7. The minimum Gasteiger partial charge on any atom is -0.349 e. The molecule has 2 aromatic heterocycles. The predicted molar refractivity (Wildman–Crippen MR) is 94.9 cm³/mol. The number of hydrogen-bond acceptors (Lipinski definition) is 3. The number of pyridine rings is 1. The summed E-state index contributed by atoms with van der Waals surface area (Å²) in [4.78, 5) is 16.8. The predicted octanol–water partition coefficient (Wildman–Crippen LogP) is 3.65. The van der Waals surface area contributed by atoms with E-state index in [0.29, 0.717) is 11.2 Å². The molecule has 0 saturated carbocycles. The number of nitrogens with zero attached hydrogens (tertiary/aromatic N) is 3. The second kappa shape index (κ2) is 7.19. The third kappa shape index (κ3) is 3.56. The smallest absolute Gasteiger partial charge is 0.253 e. The molecule has 0 spiro atoms.